The van der Waals surface area contributed by atoms with E-state index in [4.69, 9.17) is 26.1 Å². The van der Waals surface area contributed by atoms with Crippen LogP contribution in [0.4, 0.5) is 9.59 Å². The second-order valence-electron chi connectivity index (χ2n) is 13.4. The molecule has 1 N–H and O–H groups in total. The van der Waals surface area contributed by atoms with Crippen molar-refractivity contribution in [2.75, 3.05) is 13.1 Å². The summed E-state index contributed by atoms with van der Waals surface area (Å²) >= 11 is 6.68. The molecule has 0 spiro atoms. The third-order valence-corrected chi connectivity index (χ3v) is 9.05. The number of amides is 2. The number of likely N-dealkylation sites (tertiary alicyclic amines) is 1. The second kappa shape index (κ2) is 11.6. The van der Waals surface area contributed by atoms with Gasteiger partial charge in [0.25, 0.3) is 0 Å². The number of benzene rings is 1. The van der Waals surface area contributed by atoms with Gasteiger partial charge >= 0.3 is 12.2 Å². The summed E-state index contributed by atoms with van der Waals surface area (Å²) in [7, 11) is 1.91. The fourth-order valence-electron chi connectivity index (χ4n) is 6.32. The SMILES string of the molecule is Cn1cncc1C(NC(=O)OC1(C)CC1)C1=Cc2cccnc2C(C2CCN(C(=O)OC(C)(C)C)CC2)c2ccc(Cl)cc21. The van der Waals surface area contributed by atoms with Crippen LogP contribution in [0.1, 0.15) is 93.4 Å². The number of hydrogen-bond donors (Lipinski definition) is 1. The number of ether oxygens (including phenoxy) is 2. The second-order valence-corrected chi connectivity index (χ2v) is 13.9. The quantitative estimate of drug-likeness (QED) is 0.327. The number of aryl methyl sites for hydroxylation is 1. The molecule has 2 amide bonds. The van der Waals surface area contributed by atoms with Crippen LogP contribution in [0.2, 0.25) is 5.02 Å². The Balaban J connectivity index is 1.40. The number of rotatable bonds is 5. The minimum atomic E-state index is -0.560. The van der Waals surface area contributed by atoms with Crippen molar-refractivity contribution in [1.82, 2.24) is 24.8 Å². The van der Waals surface area contributed by atoms with Gasteiger partial charge in [-0.1, -0.05) is 23.7 Å². The molecule has 3 heterocycles. The third kappa shape index (κ3) is 6.34. The molecule has 2 fully saturated rings. The first kappa shape index (κ1) is 30.2. The van der Waals surface area contributed by atoms with Gasteiger partial charge < -0.3 is 24.3 Å². The number of halogens is 1. The fraction of sp³-hybridized carbons (Fsp3) is 0.471. The summed E-state index contributed by atoms with van der Waals surface area (Å²) in [5.41, 5.74) is 4.71. The lowest BCUT2D eigenvalue weighted by Gasteiger charge is -2.37. The van der Waals surface area contributed by atoms with E-state index in [1.807, 2.05) is 63.7 Å². The molecule has 44 heavy (non-hydrogen) atoms. The van der Waals surface area contributed by atoms with Crippen molar-refractivity contribution in [3.05, 3.63) is 82.2 Å². The van der Waals surface area contributed by atoms with Crippen molar-refractivity contribution < 1.29 is 19.1 Å². The molecular formula is C34H40ClN5O4. The Kier molecular flexibility index (Phi) is 7.94. The van der Waals surface area contributed by atoms with Crippen LogP contribution in [0, 0.1) is 5.92 Å². The van der Waals surface area contributed by atoms with Gasteiger partial charge in [0.2, 0.25) is 0 Å². The topological polar surface area (TPSA) is 98.6 Å². The van der Waals surface area contributed by atoms with Crippen molar-refractivity contribution in [2.45, 2.75) is 76.5 Å². The van der Waals surface area contributed by atoms with E-state index in [9.17, 15) is 9.59 Å². The number of piperidine rings is 1. The molecule has 9 nitrogen and oxygen atoms in total. The highest BCUT2D eigenvalue weighted by Crippen LogP contribution is 2.48. The Morgan fingerprint density at radius 3 is 2.57 bits per heavy atom. The molecule has 1 aromatic carbocycles. The predicted molar refractivity (Wildman–Crippen MR) is 169 cm³/mol. The summed E-state index contributed by atoms with van der Waals surface area (Å²) in [4.78, 5) is 37.2. The van der Waals surface area contributed by atoms with E-state index in [1.54, 1.807) is 17.4 Å². The van der Waals surface area contributed by atoms with E-state index in [0.717, 1.165) is 59.3 Å². The number of carbonyl (C=O) groups excluding carboxylic acids is 2. The van der Waals surface area contributed by atoms with Crippen LogP contribution in [0.25, 0.3) is 11.6 Å². The number of nitrogens with zero attached hydrogens (tertiary/aromatic N) is 4. The number of nitrogens with one attached hydrogen (secondary N) is 1. The maximum absolute atomic E-state index is 13.3. The summed E-state index contributed by atoms with van der Waals surface area (Å²) < 4.78 is 13.4. The molecular weight excluding hydrogens is 578 g/mol. The average molecular weight is 618 g/mol. The van der Waals surface area contributed by atoms with E-state index in [-0.39, 0.29) is 17.9 Å². The minimum absolute atomic E-state index is 0.0440. The lowest BCUT2D eigenvalue weighted by atomic mass is 9.75. The molecule has 0 bridgehead atoms. The monoisotopic (exact) mass is 617 g/mol. The van der Waals surface area contributed by atoms with Gasteiger partial charge in [-0.3, -0.25) is 4.98 Å². The van der Waals surface area contributed by atoms with Gasteiger partial charge in [-0.25, -0.2) is 14.6 Å². The van der Waals surface area contributed by atoms with Crippen LogP contribution >= 0.6 is 11.6 Å². The number of fused-ring (bicyclic) bond motifs is 2. The fourth-order valence-corrected chi connectivity index (χ4v) is 6.49. The number of imidazole rings is 1. The van der Waals surface area contributed by atoms with E-state index in [2.05, 4.69) is 28.5 Å². The molecule has 6 rings (SSSR count). The summed E-state index contributed by atoms with van der Waals surface area (Å²) in [6, 6.07) is 9.44. The first-order valence-electron chi connectivity index (χ1n) is 15.3. The molecule has 1 saturated carbocycles. The molecule has 2 aromatic heterocycles. The molecule has 10 heteroatoms. The van der Waals surface area contributed by atoms with Crippen LogP contribution in [0.15, 0.2) is 49.1 Å². The largest absolute Gasteiger partial charge is 0.444 e. The van der Waals surface area contributed by atoms with E-state index in [1.165, 1.54) is 0 Å². The van der Waals surface area contributed by atoms with Crippen molar-refractivity contribution >= 4 is 35.4 Å². The maximum atomic E-state index is 13.3. The van der Waals surface area contributed by atoms with E-state index >= 15 is 0 Å². The molecule has 2 aliphatic carbocycles. The lowest BCUT2D eigenvalue weighted by Crippen LogP contribution is -2.42. The Labute approximate surface area is 263 Å². The lowest BCUT2D eigenvalue weighted by molar-refractivity contribution is 0.0178. The predicted octanol–water partition coefficient (Wildman–Crippen LogP) is 7.12. The van der Waals surface area contributed by atoms with Gasteiger partial charge in [-0.05, 0) is 106 Å². The standard InChI is InChI=1S/C34H40ClN5O4/c1-33(2,3)44-32(42)40-15-10-21(11-16-40)28-24-9-8-23(35)18-25(24)26(17-22-7-6-14-37-29(22)28)30(27-19-36-20-39(27)5)38-31(41)43-34(4)12-13-34/h6-9,14,17-21,28,30H,10-13,15-16H2,1-5H3,(H,38,41). The van der Waals surface area contributed by atoms with Crippen LogP contribution in [-0.4, -0.2) is 55.9 Å². The summed E-state index contributed by atoms with van der Waals surface area (Å²) in [5, 5.41) is 3.77. The minimum Gasteiger partial charge on any atom is -0.444 e. The van der Waals surface area contributed by atoms with Gasteiger partial charge in [0.1, 0.15) is 11.2 Å². The van der Waals surface area contributed by atoms with Crippen molar-refractivity contribution in [2.24, 2.45) is 13.0 Å². The molecule has 2 atom stereocenters. The number of alkyl carbamates (subject to hydrolysis) is 1. The Hall–Kier alpha value is -3.85. The van der Waals surface area contributed by atoms with Crippen molar-refractivity contribution in [3.8, 4) is 0 Å². The maximum Gasteiger partial charge on any atom is 0.410 e. The zero-order valence-electron chi connectivity index (χ0n) is 26.0. The third-order valence-electron chi connectivity index (χ3n) is 8.82. The first-order valence-corrected chi connectivity index (χ1v) is 15.7. The zero-order valence-corrected chi connectivity index (χ0v) is 26.7. The molecule has 3 aromatic rings. The molecule has 3 aliphatic rings. The van der Waals surface area contributed by atoms with Crippen LogP contribution < -0.4 is 5.32 Å². The highest BCUT2D eigenvalue weighted by molar-refractivity contribution is 6.30. The van der Waals surface area contributed by atoms with E-state index in [0.29, 0.717) is 18.1 Å². The highest BCUT2D eigenvalue weighted by Gasteiger charge is 2.43. The molecule has 232 valence electrons. The number of carbonyl (C=O) groups is 2. The zero-order chi connectivity index (χ0) is 31.2. The number of pyridine rings is 1. The van der Waals surface area contributed by atoms with Crippen LogP contribution in [0.3, 0.4) is 0 Å². The average Bonchev–Trinajstić information content (AvgIpc) is 3.57. The number of hydrogen-bond acceptors (Lipinski definition) is 6. The summed E-state index contributed by atoms with van der Waals surface area (Å²) in [6.07, 6.45) is 10.0. The Morgan fingerprint density at radius 1 is 1.16 bits per heavy atom. The van der Waals surface area contributed by atoms with Crippen LogP contribution in [0.5, 0.6) is 0 Å². The van der Waals surface area contributed by atoms with Gasteiger partial charge in [0.15, 0.2) is 0 Å². The van der Waals surface area contributed by atoms with Crippen molar-refractivity contribution in [1.29, 1.82) is 0 Å². The van der Waals surface area contributed by atoms with Gasteiger partial charge in [0, 0.05) is 37.3 Å². The molecule has 1 aliphatic heterocycles. The normalized spacial score (nSPS) is 20.0. The van der Waals surface area contributed by atoms with Gasteiger partial charge in [-0.2, -0.15) is 0 Å². The highest BCUT2D eigenvalue weighted by atomic mass is 35.5. The van der Waals surface area contributed by atoms with Crippen molar-refractivity contribution in [3.63, 3.8) is 0 Å². The van der Waals surface area contributed by atoms with Gasteiger partial charge in [0.05, 0.1) is 30.0 Å². The van der Waals surface area contributed by atoms with Crippen LogP contribution in [-0.2, 0) is 16.5 Å². The first-order chi connectivity index (χ1) is 20.9. The molecule has 0 radical (unpaired) electrons. The summed E-state index contributed by atoms with van der Waals surface area (Å²) in [6.45, 7) is 8.82. The van der Waals surface area contributed by atoms with Gasteiger partial charge in [-0.15, -0.1) is 0 Å². The molecule has 2 unspecified atom stereocenters. The Morgan fingerprint density at radius 2 is 1.91 bits per heavy atom. The van der Waals surface area contributed by atoms with E-state index < -0.39 is 23.3 Å². The summed E-state index contributed by atoms with van der Waals surface area (Å²) in [5.74, 6) is 0.176. The molecule has 1 saturated heterocycles. The Bertz CT molecular complexity index is 1600. The smallest absolute Gasteiger partial charge is 0.410 e. The number of aromatic nitrogens is 3.